The zero-order valence-electron chi connectivity index (χ0n) is 11.3. The third-order valence-corrected chi connectivity index (χ3v) is 2.93. The fourth-order valence-electron chi connectivity index (χ4n) is 1.85. The smallest absolute Gasteiger partial charge is 0.208 e. The van der Waals surface area contributed by atoms with Gasteiger partial charge in [-0.2, -0.15) is 0 Å². The number of rotatable bonds is 5. The minimum Gasteiger partial charge on any atom is -0.507 e. The van der Waals surface area contributed by atoms with E-state index in [2.05, 4.69) is 10.3 Å². The Labute approximate surface area is 112 Å². The van der Waals surface area contributed by atoms with Crippen molar-refractivity contribution in [1.82, 2.24) is 10.3 Å². The fourth-order valence-corrected chi connectivity index (χ4v) is 1.85. The molecule has 2 aromatic rings. The first-order valence-corrected chi connectivity index (χ1v) is 6.11. The number of methoxy groups -OCH3 is 1. The molecule has 1 unspecified atom stereocenters. The molecule has 2 N–H and O–H groups in total. The molecular weight excluding hydrogens is 244 g/mol. The number of ether oxygens (including phenoxy) is 1. The average Bonchev–Trinajstić information content (AvgIpc) is 2.81. The Morgan fingerprint density at radius 3 is 2.84 bits per heavy atom. The molecule has 102 valence electrons. The molecule has 1 heterocycles. The summed E-state index contributed by atoms with van der Waals surface area (Å²) >= 11 is 0. The van der Waals surface area contributed by atoms with E-state index in [9.17, 15) is 5.11 Å². The molecule has 0 aliphatic carbocycles. The van der Waals surface area contributed by atoms with Crippen LogP contribution in [-0.4, -0.2) is 17.2 Å². The van der Waals surface area contributed by atoms with Crippen LogP contribution in [0.3, 0.4) is 0 Å². The molecular formula is C14H18N2O3. The topological polar surface area (TPSA) is 67.5 Å². The van der Waals surface area contributed by atoms with Gasteiger partial charge in [0.05, 0.1) is 19.9 Å². The van der Waals surface area contributed by atoms with E-state index in [1.807, 2.05) is 26.0 Å². The largest absolute Gasteiger partial charge is 0.507 e. The number of phenols is 1. The van der Waals surface area contributed by atoms with Gasteiger partial charge in [0.2, 0.25) is 5.89 Å². The fraction of sp³-hybridized carbons (Fsp3) is 0.357. The van der Waals surface area contributed by atoms with Gasteiger partial charge in [0, 0.05) is 17.7 Å². The van der Waals surface area contributed by atoms with E-state index in [1.54, 1.807) is 19.4 Å². The van der Waals surface area contributed by atoms with Gasteiger partial charge in [-0.15, -0.1) is 0 Å². The van der Waals surface area contributed by atoms with Crippen LogP contribution in [0.15, 0.2) is 28.8 Å². The number of hydrogen-bond donors (Lipinski definition) is 2. The first kappa shape index (κ1) is 13.4. The number of hydrogen-bond acceptors (Lipinski definition) is 5. The summed E-state index contributed by atoms with van der Waals surface area (Å²) in [5, 5.41) is 13.2. The molecule has 0 saturated carbocycles. The lowest BCUT2D eigenvalue weighted by atomic mass is 10.1. The van der Waals surface area contributed by atoms with Crippen molar-refractivity contribution in [3.8, 4) is 11.5 Å². The van der Waals surface area contributed by atoms with E-state index in [4.69, 9.17) is 9.15 Å². The second kappa shape index (κ2) is 5.75. The molecule has 5 nitrogen and oxygen atoms in total. The van der Waals surface area contributed by atoms with Crippen molar-refractivity contribution < 1.29 is 14.3 Å². The van der Waals surface area contributed by atoms with Crippen molar-refractivity contribution in [1.29, 1.82) is 0 Å². The predicted molar refractivity (Wildman–Crippen MR) is 71.2 cm³/mol. The lowest BCUT2D eigenvalue weighted by Gasteiger charge is -2.15. The van der Waals surface area contributed by atoms with Gasteiger partial charge >= 0.3 is 0 Å². The molecule has 0 amide bonds. The Morgan fingerprint density at radius 2 is 2.26 bits per heavy atom. The zero-order chi connectivity index (χ0) is 13.8. The maximum atomic E-state index is 9.94. The molecule has 0 aliphatic rings. The maximum absolute atomic E-state index is 9.94. The number of nitrogens with zero attached hydrogens (tertiary/aromatic N) is 1. The van der Waals surface area contributed by atoms with Crippen molar-refractivity contribution in [2.75, 3.05) is 7.11 Å². The molecule has 0 bridgehead atoms. The maximum Gasteiger partial charge on any atom is 0.208 e. The Hall–Kier alpha value is -2.01. The highest BCUT2D eigenvalue weighted by Crippen LogP contribution is 2.28. The number of benzene rings is 1. The summed E-state index contributed by atoms with van der Waals surface area (Å²) in [6.07, 6.45) is 1.69. The normalized spacial score (nSPS) is 12.4. The molecule has 1 atom stereocenters. The Kier molecular flexibility index (Phi) is 4.06. The molecule has 0 radical (unpaired) electrons. The van der Waals surface area contributed by atoms with Crippen molar-refractivity contribution in [2.45, 2.75) is 26.4 Å². The first-order valence-electron chi connectivity index (χ1n) is 6.11. The van der Waals surface area contributed by atoms with Crippen LogP contribution >= 0.6 is 0 Å². The molecule has 1 aromatic carbocycles. The van der Waals surface area contributed by atoms with Gasteiger partial charge in [0.25, 0.3) is 0 Å². The highest BCUT2D eigenvalue weighted by molar-refractivity contribution is 5.41. The molecule has 1 aromatic heterocycles. The van der Waals surface area contributed by atoms with Gasteiger partial charge < -0.3 is 19.6 Å². The standard InChI is InChI=1S/C14H18N2O3/c1-9-7-16-14(19-9)8-15-10(2)12-5-4-11(18-3)6-13(12)17/h4-7,10,15,17H,8H2,1-3H3. The van der Waals surface area contributed by atoms with Gasteiger partial charge in [0.15, 0.2) is 0 Å². The van der Waals surface area contributed by atoms with E-state index in [0.717, 1.165) is 11.3 Å². The number of oxazole rings is 1. The second-order valence-electron chi connectivity index (χ2n) is 4.39. The lowest BCUT2D eigenvalue weighted by molar-refractivity contribution is 0.400. The number of nitrogens with one attached hydrogen (secondary N) is 1. The summed E-state index contributed by atoms with van der Waals surface area (Å²) in [4.78, 5) is 4.12. The monoisotopic (exact) mass is 262 g/mol. The van der Waals surface area contributed by atoms with Crippen LogP contribution < -0.4 is 10.1 Å². The number of aromatic nitrogens is 1. The number of aromatic hydroxyl groups is 1. The van der Waals surface area contributed by atoms with Gasteiger partial charge in [-0.25, -0.2) is 4.98 Å². The van der Waals surface area contributed by atoms with Crippen molar-refractivity contribution in [3.05, 3.63) is 41.6 Å². The van der Waals surface area contributed by atoms with Gasteiger partial charge in [0.1, 0.15) is 17.3 Å². The summed E-state index contributed by atoms with van der Waals surface area (Å²) in [6, 6.07) is 5.25. The van der Waals surface area contributed by atoms with Crippen molar-refractivity contribution >= 4 is 0 Å². The average molecular weight is 262 g/mol. The van der Waals surface area contributed by atoms with E-state index < -0.39 is 0 Å². The van der Waals surface area contributed by atoms with Crippen LogP contribution in [0.25, 0.3) is 0 Å². The molecule has 0 aliphatic heterocycles. The van der Waals surface area contributed by atoms with Gasteiger partial charge in [-0.1, -0.05) is 6.07 Å². The third-order valence-electron chi connectivity index (χ3n) is 2.93. The molecule has 19 heavy (non-hydrogen) atoms. The molecule has 5 heteroatoms. The Morgan fingerprint density at radius 1 is 1.47 bits per heavy atom. The quantitative estimate of drug-likeness (QED) is 0.866. The Bertz CT molecular complexity index is 551. The highest BCUT2D eigenvalue weighted by Gasteiger charge is 2.12. The van der Waals surface area contributed by atoms with E-state index in [0.29, 0.717) is 18.2 Å². The molecule has 0 spiro atoms. The number of aryl methyl sites for hydroxylation is 1. The summed E-state index contributed by atoms with van der Waals surface area (Å²) in [5.41, 5.74) is 0.809. The molecule has 0 fully saturated rings. The van der Waals surface area contributed by atoms with Gasteiger partial charge in [-0.3, -0.25) is 0 Å². The summed E-state index contributed by atoms with van der Waals surface area (Å²) in [5.74, 6) is 2.27. The van der Waals surface area contributed by atoms with Crippen LogP contribution in [0.1, 0.15) is 30.2 Å². The van der Waals surface area contributed by atoms with Crippen LogP contribution in [0, 0.1) is 6.92 Å². The van der Waals surface area contributed by atoms with E-state index in [-0.39, 0.29) is 11.8 Å². The lowest BCUT2D eigenvalue weighted by Crippen LogP contribution is -2.18. The SMILES string of the molecule is COc1ccc(C(C)NCc2ncc(C)o2)c(O)c1. The number of phenolic OH excluding ortho intramolecular Hbond substituents is 1. The van der Waals surface area contributed by atoms with Crippen LogP contribution in [0.5, 0.6) is 11.5 Å². The van der Waals surface area contributed by atoms with Crippen molar-refractivity contribution in [2.24, 2.45) is 0 Å². The second-order valence-corrected chi connectivity index (χ2v) is 4.39. The minimum absolute atomic E-state index is 0.0156. The molecule has 0 saturated heterocycles. The Balaban J connectivity index is 2.01. The molecule has 2 rings (SSSR count). The zero-order valence-corrected chi connectivity index (χ0v) is 11.3. The predicted octanol–water partition coefficient (Wildman–Crippen LogP) is 2.55. The van der Waals surface area contributed by atoms with E-state index >= 15 is 0 Å². The summed E-state index contributed by atoms with van der Waals surface area (Å²) in [7, 11) is 1.57. The highest BCUT2D eigenvalue weighted by atomic mass is 16.5. The minimum atomic E-state index is -0.0156. The van der Waals surface area contributed by atoms with Crippen LogP contribution in [0.2, 0.25) is 0 Å². The first-order chi connectivity index (χ1) is 9.10. The van der Waals surface area contributed by atoms with Crippen molar-refractivity contribution in [3.63, 3.8) is 0 Å². The third kappa shape index (κ3) is 3.26. The van der Waals surface area contributed by atoms with E-state index in [1.165, 1.54) is 0 Å². The van der Waals surface area contributed by atoms with Crippen LogP contribution in [-0.2, 0) is 6.54 Å². The summed E-state index contributed by atoms with van der Waals surface area (Å²) in [6.45, 7) is 4.34. The van der Waals surface area contributed by atoms with Gasteiger partial charge in [-0.05, 0) is 19.9 Å². The summed E-state index contributed by atoms with van der Waals surface area (Å²) < 4.78 is 10.4. The van der Waals surface area contributed by atoms with Crippen LogP contribution in [0.4, 0.5) is 0 Å².